The van der Waals surface area contributed by atoms with Crippen molar-refractivity contribution in [2.24, 2.45) is 0 Å². The van der Waals surface area contributed by atoms with Gasteiger partial charge in [0.2, 0.25) is 8.32 Å². The van der Waals surface area contributed by atoms with Crippen molar-refractivity contribution in [2.75, 3.05) is 0 Å². The summed E-state index contributed by atoms with van der Waals surface area (Å²) in [5.41, 5.74) is 1.21. The summed E-state index contributed by atoms with van der Waals surface area (Å²) in [4.78, 5) is 0. The summed E-state index contributed by atoms with van der Waals surface area (Å²) < 4.78 is 20.1. The second-order valence-electron chi connectivity index (χ2n) is 11.3. The Balaban J connectivity index is 3.42. The van der Waals surface area contributed by atoms with Gasteiger partial charge >= 0.3 is 8.56 Å². The van der Waals surface area contributed by atoms with Crippen LogP contribution in [0.1, 0.15) is 26.3 Å². The topological polar surface area (TPSA) is 27.7 Å². The highest BCUT2D eigenvalue weighted by Gasteiger charge is 2.43. The molecule has 27 heavy (non-hydrogen) atoms. The van der Waals surface area contributed by atoms with Gasteiger partial charge in [-0.3, -0.25) is 0 Å². The first-order valence-corrected chi connectivity index (χ1v) is 22.0. The van der Waals surface area contributed by atoms with Gasteiger partial charge in [-0.1, -0.05) is 26.8 Å². The Morgan fingerprint density at radius 3 is 1.52 bits per heavy atom. The van der Waals surface area contributed by atoms with Gasteiger partial charge in [0.1, 0.15) is 5.75 Å². The van der Waals surface area contributed by atoms with E-state index in [0.717, 1.165) is 5.75 Å². The number of benzene rings is 1. The van der Waals surface area contributed by atoms with Crippen LogP contribution < -0.4 is 9.61 Å². The molecule has 0 heterocycles. The summed E-state index contributed by atoms with van der Waals surface area (Å²) >= 11 is 0. The number of aryl methyl sites for hydroxylation is 1. The highest BCUT2D eigenvalue weighted by atomic mass is 28.5. The van der Waals surface area contributed by atoms with Crippen LogP contribution in [0.5, 0.6) is 5.75 Å². The minimum absolute atomic E-state index is 0.168. The Hall–Kier alpha value is -0.192. The normalized spacial score (nSPS) is 14.4. The lowest BCUT2D eigenvalue weighted by Crippen LogP contribution is -2.60. The molecule has 0 saturated carbocycles. The fourth-order valence-corrected chi connectivity index (χ4v) is 15.6. The molecular weight excluding hydrogens is 401 g/mol. The maximum absolute atomic E-state index is 6.74. The maximum Gasteiger partial charge on any atom is 0.348 e. The van der Waals surface area contributed by atoms with Crippen LogP contribution >= 0.6 is 0 Å². The molecule has 0 bridgehead atoms. The van der Waals surface area contributed by atoms with Crippen LogP contribution in [0.2, 0.25) is 64.0 Å². The van der Waals surface area contributed by atoms with Crippen LogP contribution in [0.3, 0.4) is 0 Å². The monoisotopic (exact) mass is 442 g/mol. The van der Waals surface area contributed by atoms with Gasteiger partial charge in [0.05, 0.1) is 0 Å². The zero-order valence-corrected chi connectivity index (χ0v) is 24.0. The predicted molar refractivity (Wildman–Crippen MR) is 129 cm³/mol. The smallest absolute Gasteiger partial charge is 0.348 e. The molecule has 3 nitrogen and oxygen atoms in total. The fourth-order valence-electron chi connectivity index (χ4n) is 2.82. The van der Waals surface area contributed by atoms with E-state index in [4.69, 9.17) is 12.7 Å². The van der Waals surface area contributed by atoms with Crippen LogP contribution in [0, 0.1) is 6.92 Å². The molecule has 156 valence electrons. The highest BCUT2D eigenvalue weighted by molar-refractivity contribution is 6.94. The van der Waals surface area contributed by atoms with E-state index in [1.807, 2.05) is 0 Å². The van der Waals surface area contributed by atoms with Crippen molar-refractivity contribution in [2.45, 2.75) is 91.7 Å². The number of rotatable bonds is 7. The largest absolute Gasteiger partial charge is 0.543 e. The van der Waals surface area contributed by atoms with E-state index in [-0.39, 0.29) is 5.04 Å². The molecule has 0 atom stereocenters. The summed E-state index contributed by atoms with van der Waals surface area (Å²) in [5.74, 6) is 0.966. The van der Waals surface area contributed by atoms with Gasteiger partial charge in [0, 0.05) is 0 Å². The second kappa shape index (κ2) is 7.91. The van der Waals surface area contributed by atoms with Crippen LogP contribution in [0.25, 0.3) is 0 Å². The summed E-state index contributed by atoms with van der Waals surface area (Å²) in [6.45, 7) is 29.2. The zero-order chi connectivity index (χ0) is 21.5. The molecular formula is C20H42O3Si4. The molecule has 0 radical (unpaired) electrons. The summed E-state index contributed by atoms with van der Waals surface area (Å²) in [6.07, 6.45) is 0. The third-order valence-corrected chi connectivity index (χ3v) is 18.5. The number of hydrogen-bond acceptors (Lipinski definition) is 3. The summed E-state index contributed by atoms with van der Waals surface area (Å²) in [6, 6.07) is 6.59. The zero-order valence-electron chi connectivity index (χ0n) is 20.0. The average Bonchev–Trinajstić information content (AvgIpc) is 2.30. The molecule has 7 heteroatoms. The second-order valence-corrected chi connectivity index (χ2v) is 28.5. The van der Waals surface area contributed by atoms with Crippen LogP contribution in [0.15, 0.2) is 18.2 Å². The highest BCUT2D eigenvalue weighted by Crippen LogP contribution is 2.37. The van der Waals surface area contributed by atoms with E-state index in [1.54, 1.807) is 0 Å². The minimum atomic E-state index is -2.52. The molecule has 0 amide bonds. The molecule has 0 spiro atoms. The molecule has 0 aliphatic carbocycles. The van der Waals surface area contributed by atoms with E-state index >= 15 is 0 Å². The van der Waals surface area contributed by atoms with Crippen LogP contribution in [-0.4, -0.2) is 33.5 Å². The molecule has 0 saturated heterocycles. The first kappa shape index (κ1) is 24.8. The van der Waals surface area contributed by atoms with E-state index < -0.39 is 33.5 Å². The van der Waals surface area contributed by atoms with Gasteiger partial charge in [-0.2, -0.15) is 0 Å². The van der Waals surface area contributed by atoms with Crippen molar-refractivity contribution in [3.8, 4) is 5.75 Å². The van der Waals surface area contributed by atoms with Crippen molar-refractivity contribution < 1.29 is 12.7 Å². The third-order valence-electron chi connectivity index (χ3n) is 4.76. The molecule has 0 unspecified atom stereocenters. The Morgan fingerprint density at radius 2 is 1.15 bits per heavy atom. The lowest BCUT2D eigenvalue weighted by Gasteiger charge is -2.40. The van der Waals surface area contributed by atoms with E-state index in [1.165, 1.54) is 10.8 Å². The molecule has 0 aliphatic heterocycles. The van der Waals surface area contributed by atoms with E-state index in [2.05, 4.69) is 105 Å². The third kappa shape index (κ3) is 7.62. The molecule has 0 aliphatic rings. The lowest BCUT2D eigenvalue weighted by molar-refractivity contribution is 0.404. The first-order chi connectivity index (χ1) is 11.7. The van der Waals surface area contributed by atoms with Crippen molar-refractivity contribution in [3.63, 3.8) is 0 Å². The Bertz CT molecular complexity index is 637. The fraction of sp³-hybridized carbons (Fsp3) is 0.700. The van der Waals surface area contributed by atoms with Gasteiger partial charge in [0.15, 0.2) is 16.6 Å². The van der Waals surface area contributed by atoms with E-state index in [9.17, 15) is 0 Å². The van der Waals surface area contributed by atoms with Gasteiger partial charge in [0.25, 0.3) is 0 Å². The van der Waals surface area contributed by atoms with Gasteiger partial charge in [-0.05, 0) is 93.8 Å². The van der Waals surface area contributed by atoms with Gasteiger partial charge < -0.3 is 12.7 Å². The van der Waals surface area contributed by atoms with Crippen molar-refractivity contribution in [1.29, 1.82) is 0 Å². The molecule has 0 N–H and O–H groups in total. The van der Waals surface area contributed by atoms with Crippen molar-refractivity contribution in [3.05, 3.63) is 23.8 Å². The molecule has 1 aromatic rings. The number of hydrogen-bond donors (Lipinski definition) is 0. The average molecular weight is 443 g/mol. The van der Waals surface area contributed by atoms with Gasteiger partial charge in [-0.15, -0.1) is 0 Å². The van der Waals surface area contributed by atoms with E-state index in [0.29, 0.717) is 0 Å². The summed E-state index contributed by atoms with van der Waals surface area (Å²) in [7, 11) is -7.93. The Labute approximate surface area is 172 Å². The standard InChI is InChI=1S/C20H42O3Si4/c1-17-14-18(21-26(11,12)20(2,3)4)16-19(15-17)27(13,22-24(5,6)7)23-25(8,9)10/h14-16H,1-13H3. The molecule has 0 aromatic heterocycles. The molecule has 1 rings (SSSR count). The van der Waals surface area contributed by atoms with Crippen LogP contribution in [0.4, 0.5) is 0 Å². The quantitative estimate of drug-likeness (QED) is 0.460. The van der Waals surface area contributed by atoms with Gasteiger partial charge in [-0.25, -0.2) is 0 Å². The Morgan fingerprint density at radius 1 is 0.704 bits per heavy atom. The first-order valence-electron chi connectivity index (χ1n) is 9.96. The molecule has 0 fully saturated rings. The Kier molecular flexibility index (Phi) is 7.28. The minimum Gasteiger partial charge on any atom is -0.543 e. The summed E-state index contributed by atoms with van der Waals surface area (Å²) in [5, 5.41) is 1.36. The lowest BCUT2D eigenvalue weighted by atomic mass is 10.2. The SMILES string of the molecule is Cc1cc(O[Si](C)(C)C(C)(C)C)cc([Si](C)(O[Si](C)(C)C)O[Si](C)(C)C)c1. The maximum atomic E-state index is 6.74. The predicted octanol–water partition coefficient (Wildman–Crippen LogP) is 6.36. The van der Waals surface area contributed by atoms with Crippen LogP contribution in [-0.2, 0) is 8.23 Å². The van der Waals surface area contributed by atoms with Crippen molar-refractivity contribution in [1.82, 2.24) is 0 Å². The van der Waals surface area contributed by atoms with Crippen molar-refractivity contribution >= 4 is 38.7 Å². The molecule has 1 aromatic carbocycles.